The van der Waals surface area contributed by atoms with Crippen molar-refractivity contribution in [3.05, 3.63) is 53.3 Å². The molecule has 1 heterocycles. The van der Waals surface area contributed by atoms with E-state index in [0.717, 1.165) is 5.56 Å². The van der Waals surface area contributed by atoms with E-state index >= 15 is 0 Å². The Morgan fingerprint density at radius 3 is 2.59 bits per heavy atom. The van der Waals surface area contributed by atoms with Crippen LogP contribution in [0.5, 0.6) is 11.5 Å². The first-order valence-corrected chi connectivity index (χ1v) is 6.63. The fourth-order valence-corrected chi connectivity index (χ4v) is 1.96. The molecule has 22 heavy (non-hydrogen) atoms. The Morgan fingerprint density at radius 2 is 1.91 bits per heavy atom. The molecule has 114 valence electrons. The molecule has 0 N–H and O–H groups in total. The number of rotatable bonds is 5. The Labute approximate surface area is 129 Å². The van der Waals surface area contributed by atoms with Crippen molar-refractivity contribution in [2.75, 3.05) is 21.3 Å². The maximum atomic E-state index is 11.7. The Hall–Kier alpha value is -2.82. The minimum absolute atomic E-state index is 0.411. The number of carbonyl (C=O) groups excluding carboxylic acids is 1. The van der Waals surface area contributed by atoms with Crippen molar-refractivity contribution in [1.82, 2.24) is 4.98 Å². The molecule has 0 aliphatic heterocycles. The number of carbonyl (C=O) groups is 1. The van der Waals surface area contributed by atoms with Crippen molar-refractivity contribution in [3.8, 4) is 11.5 Å². The van der Waals surface area contributed by atoms with E-state index < -0.39 is 5.97 Å². The summed E-state index contributed by atoms with van der Waals surface area (Å²) in [5.74, 6) is 0.961. The average molecular weight is 299 g/mol. The Kier molecular flexibility index (Phi) is 5.14. The normalized spacial score (nSPS) is 10.5. The lowest BCUT2D eigenvalue weighted by atomic mass is 10.1. The number of ether oxygens (including phenoxy) is 3. The number of nitrogens with zero attached hydrogens (tertiary/aromatic N) is 1. The van der Waals surface area contributed by atoms with Gasteiger partial charge in [0.2, 0.25) is 0 Å². The van der Waals surface area contributed by atoms with Gasteiger partial charge in [0, 0.05) is 17.8 Å². The highest BCUT2D eigenvalue weighted by atomic mass is 16.5. The van der Waals surface area contributed by atoms with Crippen molar-refractivity contribution < 1.29 is 19.0 Å². The van der Waals surface area contributed by atoms with Crippen LogP contribution in [0.25, 0.3) is 12.2 Å². The van der Waals surface area contributed by atoms with Crippen LogP contribution in [0.1, 0.15) is 21.6 Å². The van der Waals surface area contributed by atoms with Gasteiger partial charge in [-0.3, -0.25) is 4.98 Å². The average Bonchev–Trinajstić information content (AvgIpc) is 2.59. The van der Waals surface area contributed by atoms with Crippen LogP contribution in [-0.4, -0.2) is 32.3 Å². The van der Waals surface area contributed by atoms with Gasteiger partial charge in [-0.2, -0.15) is 0 Å². The first-order chi connectivity index (χ1) is 10.7. The number of methoxy groups -OCH3 is 3. The van der Waals surface area contributed by atoms with E-state index in [2.05, 4.69) is 4.98 Å². The summed E-state index contributed by atoms with van der Waals surface area (Å²) in [5.41, 5.74) is 1.80. The lowest BCUT2D eigenvalue weighted by Gasteiger charge is -2.07. The van der Waals surface area contributed by atoms with Crippen molar-refractivity contribution in [1.29, 1.82) is 0 Å². The van der Waals surface area contributed by atoms with Gasteiger partial charge in [-0.05, 0) is 36.4 Å². The molecule has 5 nitrogen and oxygen atoms in total. The number of benzene rings is 1. The highest BCUT2D eigenvalue weighted by Crippen LogP contribution is 2.26. The topological polar surface area (TPSA) is 57.7 Å². The third kappa shape index (κ3) is 3.44. The van der Waals surface area contributed by atoms with Crippen LogP contribution in [0.15, 0.2) is 36.5 Å². The molecule has 2 aromatic rings. The maximum Gasteiger partial charge on any atom is 0.340 e. The van der Waals surface area contributed by atoms with E-state index in [1.54, 1.807) is 44.7 Å². The van der Waals surface area contributed by atoms with Gasteiger partial charge in [0.1, 0.15) is 11.5 Å². The van der Waals surface area contributed by atoms with Crippen LogP contribution < -0.4 is 9.47 Å². The quantitative estimate of drug-likeness (QED) is 0.794. The largest absolute Gasteiger partial charge is 0.497 e. The van der Waals surface area contributed by atoms with E-state index in [1.807, 2.05) is 18.2 Å². The molecular weight excluding hydrogens is 282 g/mol. The molecule has 0 saturated heterocycles. The molecule has 1 aromatic heterocycles. The first-order valence-electron chi connectivity index (χ1n) is 6.63. The molecule has 2 rings (SSSR count). The second-order valence-corrected chi connectivity index (χ2v) is 4.37. The molecule has 5 heteroatoms. The summed E-state index contributed by atoms with van der Waals surface area (Å²) in [6.07, 6.45) is 5.20. The van der Waals surface area contributed by atoms with E-state index in [1.165, 1.54) is 7.11 Å². The maximum absolute atomic E-state index is 11.7. The van der Waals surface area contributed by atoms with Crippen molar-refractivity contribution in [2.24, 2.45) is 0 Å². The smallest absolute Gasteiger partial charge is 0.340 e. The Morgan fingerprint density at radius 1 is 1.09 bits per heavy atom. The Balaban J connectivity index is 2.35. The predicted molar refractivity (Wildman–Crippen MR) is 84.1 cm³/mol. The van der Waals surface area contributed by atoms with Crippen molar-refractivity contribution >= 4 is 18.1 Å². The molecule has 0 aliphatic carbocycles. The third-order valence-electron chi connectivity index (χ3n) is 3.11. The van der Waals surface area contributed by atoms with Crippen LogP contribution in [0.4, 0.5) is 0 Å². The van der Waals surface area contributed by atoms with Crippen molar-refractivity contribution in [3.63, 3.8) is 0 Å². The highest BCUT2D eigenvalue weighted by molar-refractivity contribution is 5.94. The fourth-order valence-electron chi connectivity index (χ4n) is 1.96. The van der Waals surface area contributed by atoms with Crippen molar-refractivity contribution in [2.45, 2.75) is 0 Å². The first kappa shape index (κ1) is 15.6. The monoisotopic (exact) mass is 299 g/mol. The fraction of sp³-hybridized carbons (Fsp3) is 0.176. The van der Waals surface area contributed by atoms with E-state index in [-0.39, 0.29) is 0 Å². The summed E-state index contributed by atoms with van der Waals surface area (Å²) >= 11 is 0. The number of hydrogen-bond acceptors (Lipinski definition) is 5. The van der Waals surface area contributed by atoms with Gasteiger partial charge in [0.25, 0.3) is 0 Å². The molecule has 0 saturated carbocycles. The van der Waals surface area contributed by atoms with E-state index in [9.17, 15) is 4.79 Å². The molecule has 0 amide bonds. The number of hydrogen-bond donors (Lipinski definition) is 0. The summed E-state index contributed by atoms with van der Waals surface area (Å²) < 4.78 is 15.2. The molecule has 0 bridgehead atoms. The highest BCUT2D eigenvalue weighted by Gasteiger charge is 2.10. The summed E-state index contributed by atoms with van der Waals surface area (Å²) in [5, 5.41) is 0. The zero-order valence-corrected chi connectivity index (χ0v) is 12.7. The van der Waals surface area contributed by atoms with E-state index in [0.29, 0.717) is 22.8 Å². The van der Waals surface area contributed by atoms with E-state index in [4.69, 9.17) is 14.2 Å². The molecule has 0 unspecified atom stereocenters. The number of pyridine rings is 1. The summed E-state index contributed by atoms with van der Waals surface area (Å²) in [6, 6.07) is 8.86. The summed E-state index contributed by atoms with van der Waals surface area (Å²) in [7, 11) is 4.53. The molecule has 1 aromatic carbocycles. The summed E-state index contributed by atoms with van der Waals surface area (Å²) in [6.45, 7) is 0. The molecule has 0 radical (unpaired) electrons. The predicted octanol–water partition coefficient (Wildman–Crippen LogP) is 3.06. The summed E-state index contributed by atoms with van der Waals surface area (Å²) in [4.78, 5) is 15.9. The lowest BCUT2D eigenvalue weighted by molar-refractivity contribution is 0.0600. The zero-order valence-electron chi connectivity index (χ0n) is 12.7. The van der Waals surface area contributed by atoms with Crippen LogP contribution >= 0.6 is 0 Å². The van der Waals surface area contributed by atoms with Gasteiger partial charge in [-0.25, -0.2) is 4.79 Å². The van der Waals surface area contributed by atoms with Gasteiger partial charge in [0.15, 0.2) is 0 Å². The zero-order chi connectivity index (χ0) is 15.9. The second kappa shape index (κ2) is 7.26. The van der Waals surface area contributed by atoms with Crippen LogP contribution in [0.2, 0.25) is 0 Å². The second-order valence-electron chi connectivity index (χ2n) is 4.37. The molecule has 0 atom stereocenters. The number of esters is 1. The van der Waals surface area contributed by atoms with Gasteiger partial charge in [-0.1, -0.05) is 0 Å². The van der Waals surface area contributed by atoms with Gasteiger partial charge in [-0.15, -0.1) is 0 Å². The van der Waals surface area contributed by atoms with Crippen LogP contribution in [0, 0.1) is 0 Å². The number of aromatic nitrogens is 1. The Bertz CT molecular complexity index is 695. The van der Waals surface area contributed by atoms with Gasteiger partial charge >= 0.3 is 5.97 Å². The van der Waals surface area contributed by atoms with Crippen LogP contribution in [-0.2, 0) is 4.74 Å². The minimum atomic E-state index is -0.422. The molecule has 0 fully saturated rings. The third-order valence-corrected chi connectivity index (χ3v) is 3.11. The van der Waals surface area contributed by atoms with Crippen LogP contribution in [0.3, 0.4) is 0 Å². The molecular formula is C17H17NO4. The van der Waals surface area contributed by atoms with Gasteiger partial charge in [0.05, 0.1) is 32.6 Å². The lowest BCUT2D eigenvalue weighted by Crippen LogP contribution is -2.04. The molecule has 0 spiro atoms. The standard InChI is InChI=1S/C17H17NO4/c1-20-13-8-6-12(16(11-13)21-2)7-9-15-14(17(19)22-3)5-4-10-18-15/h4-11H,1-3H3. The molecule has 0 aliphatic rings. The minimum Gasteiger partial charge on any atom is -0.497 e. The SMILES string of the molecule is COC(=O)c1cccnc1C=Cc1ccc(OC)cc1OC. The van der Waals surface area contributed by atoms with Gasteiger partial charge < -0.3 is 14.2 Å².